The number of hydrogen-bond acceptors (Lipinski definition) is 5. The first kappa shape index (κ1) is 17.4. The maximum absolute atomic E-state index is 13.1. The Hall–Kier alpha value is -2.99. The Morgan fingerprint density at radius 2 is 1.85 bits per heavy atom. The van der Waals surface area contributed by atoms with E-state index in [1.807, 2.05) is 36.4 Å². The Morgan fingerprint density at radius 3 is 2.59 bits per heavy atom. The lowest BCUT2D eigenvalue weighted by Gasteiger charge is -2.14. The highest BCUT2D eigenvalue weighted by Gasteiger charge is 2.16. The lowest BCUT2D eigenvalue weighted by Crippen LogP contribution is -2.20. The molecule has 2 aromatic carbocycles. The molecular weight excluding hydrogens is 343 g/mol. The van der Waals surface area contributed by atoms with E-state index < -0.39 is 0 Å². The predicted octanol–water partition coefficient (Wildman–Crippen LogP) is 4.62. The molecule has 0 spiro atoms. The van der Waals surface area contributed by atoms with E-state index in [1.165, 1.54) is 12.1 Å². The Bertz CT molecular complexity index is 880. The minimum absolute atomic E-state index is 0.197. The van der Waals surface area contributed by atoms with Gasteiger partial charge in [-0.3, -0.25) is 0 Å². The minimum atomic E-state index is -0.271. The van der Waals surface area contributed by atoms with E-state index in [4.69, 9.17) is 4.74 Å². The van der Waals surface area contributed by atoms with E-state index in [2.05, 4.69) is 20.6 Å². The standard InChI is InChI=1S/C21H21FN4O/c22-16-8-10-17(11-9-16)24-20-13-19(15-5-2-1-3-6-15)25-21(26-20)23-14-18-7-4-12-27-18/h1-3,5-6,8-11,13,18H,4,7,12,14H2,(H2,23,24,25,26). The summed E-state index contributed by atoms with van der Waals surface area (Å²) < 4.78 is 18.8. The molecule has 0 radical (unpaired) electrons. The SMILES string of the molecule is Fc1ccc(Nc2cc(-c3ccccc3)nc(NCC3CCCO3)n2)cc1. The first-order valence-corrected chi connectivity index (χ1v) is 9.09. The second-order valence-electron chi connectivity index (χ2n) is 6.48. The molecule has 5 nitrogen and oxygen atoms in total. The van der Waals surface area contributed by atoms with Gasteiger partial charge in [0.05, 0.1) is 11.8 Å². The molecule has 1 fully saturated rings. The highest BCUT2D eigenvalue weighted by Crippen LogP contribution is 2.24. The number of benzene rings is 2. The zero-order valence-electron chi connectivity index (χ0n) is 14.9. The fourth-order valence-electron chi connectivity index (χ4n) is 3.04. The summed E-state index contributed by atoms with van der Waals surface area (Å²) in [6.07, 6.45) is 2.34. The third kappa shape index (κ3) is 4.60. The van der Waals surface area contributed by atoms with Gasteiger partial charge in [-0.25, -0.2) is 9.37 Å². The molecule has 0 saturated carbocycles. The smallest absolute Gasteiger partial charge is 0.225 e. The van der Waals surface area contributed by atoms with E-state index in [0.29, 0.717) is 18.3 Å². The Labute approximate surface area is 157 Å². The second kappa shape index (κ2) is 8.14. The van der Waals surface area contributed by atoms with Crippen LogP contribution in [-0.2, 0) is 4.74 Å². The van der Waals surface area contributed by atoms with Crippen molar-refractivity contribution in [2.75, 3.05) is 23.8 Å². The van der Waals surface area contributed by atoms with Crippen molar-refractivity contribution in [1.29, 1.82) is 0 Å². The average molecular weight is 364 g/mol. The predicted molar refractivity (Wildman–Crippen MR) is 105 cm³/mol. The minimum Gasteiger partial charge on any atom is -0.376 e. The fraction of sp³-hybridized carbons (Fsp3) is 0.238. The average Bonchev–Trinajstić information content (AvgIpc) is 3.22. The summed E-state index contributed by atoms with van der Waals surface area (Å²) in [6, 6.07) is 18.0. The Balaban J connectivity index is 1.60. The molecule has 0 amide bonds. The van der Waals surface area contributed by atoms with Gasteiger partial charge in [0, 0.05) is 30.5 Å². The molecule has 1 atom stereocenters. The second-order valence-corrected chi connectivity index (χ2v) is 6.48. The van der Waals surface area contributed by atoms with Crippen LogP contribution in [0.15, 0.2) is 60.7 Å². The molecule has 2 N–H and O–H groups in total. The van der Waals surface area contributed by atoms with Crippen molar-refractivity contribution < 1.29 is 9.13 Å². The van der Waals surface area contributed by atoms with Gasteiger partial charge in [0.15, 0.2) is 0 Å². The van der Waals surface area contributed by atoms with Crippen LogP contribution >= 0.6 is 0 Å². The van der Waals surface area contributed by atoms with Gasteiger partial charge in [0.2, 0.25) is 5.95 Å². The van der Waals surface area contributed by atoms with Gasteiger partial charge >= 0.3 is 0 Å². The number of nitrogens with one attached hydrogen (secondary N) is 2. The summed E-state index contributed by atoms with van der Waals surface area (Å²) in [7, 11) is 0. The third-order valence-electron chi connectivity index (χ3n) is 4.42. The van der Waals surface area contributed by atoms with Gasteiger partial charge in [-0.05, 0) is 37.1 Å². The zero-order chi connectivity index (χ0) is 18.5. The molecule has 1 aliphatic heterocycles. The van der Waals surface area contributed by atoms with E-state index in [-0.39, 0.29) is 11.9 Å². The van der Waals surface area contributed by atoms with Gasteiger partial charge in [-0.15, -0.1) is 0 Å². The maximum atomic E-state index is 13.1. The quantitative estimate of drug-likeness (QED) is 0.668. The van der Waals surface area contributed by atoms with E-state index in [0.717, 1.165) is 36.4 Å². The van der Waals surface area contributed by atoms with Crippen molar-refractivity contribution in [2.45, 2.75) is 18.9 Å². The summed E-state index contributed by atoms with van der Waals surface area (Å²) in [5, 5.41) is 6.51. The molecule has 1 aliphatic rings. The summed E-state index contributed by atoms with van der Waals surface area (Å²) in [6.45, 7) is 1.49. The van der Waals surface area contributed by atoms with Gasteiger partial charge in [0.25, 0.3) is 0 Å². The van der Waals surface area contributed by atoms with Crippen molar-refractivity contribution in [3.8, 4) is 11.3 Å². The number of anilines is 3. The summed E-state index contributed by atoms with van der Waals surface area (Å²) in [5.74, 6) is 0.911. The van der Waals surface area contributed by atoms with Crippen LogP contribution in [0.3, 0.4) is 0 Å². The highest BCUT2D eigenvalue weighted by atomic mass is 19.1. The molecule has 1 aromatic heterocycles. The lowest BCUT2D eigenvalue weighted by molar-refractivity contribution is 0.120. The van der Waals surface area contributed by atoms with Crippen LogP contribution in [-0.4, -0.2) is 29.2 Å². The van der Waals surface area contributed by atoms with Crippen LogP contribution in [0.25, 0.3) is 11.3 Å². The zero-order valence-corrected chi connectivity index (χ0v) is 14.9. The van der Waals surface area contributed by atoms with Gasteiger partial charge in [-0.2, -0.15) is 4.98 Å². The lowest BCUT2D eigenvalue weighted by atomic mass is 10.1. The van der Waals surface area contributed by atoms with E-state index in [1.54, 1.807) is 12.1 Å². The van der Waals surface area contributed by atoms with Crippen molar-refractivity contribution in [1.82, 2.24) is 9.97 Å². The number of nitrogens with zero attached hydrogens (tertiary/aromatic N) is 2. The number of ether oxygens (including phenoxy) is 1. The molecular formula is C21H21FN4O. The molecule has 6 heteroatoms. The van der Waals surface area contributed by atoms with Crippen LogP contribution in [0, 0.1) is 5.82 Å². The first-order valence-electron chi connectivity index (χ1n) is 9.09. The molecule has 1 saturated heterocycles. The Morgan fingerprint density at radius 1 is 1.04 bits per heavy atom. The normalized spacial score (nSPS) is 16.3. The third-order valence-corrected chi connectivity index (χ3v) is 4.42. The molecule has 138 valence electrons. The first-order chi connectivity index (χ1) is 13.3. The molecule has 27 heavy (non-hydrogen) atoms. The maximum Gasteiger partial charge on any atom is 0.225 e. The molecule has 0 bridgehead atoms. The monoisotopic (exact) mass is 364 g/mol. The molecule has 1 unspecified atom stereocenters. The van der Waals surface area contributed by atoms with Gasteiger partial charge in [0.1, 0.15) is 11.6 Å². The molecule has 4 rings (SSSR count). The number of hydrogen-bond donors (Lipinski definition) is 2. The van der Waals surface area contributed by atoms with Crippen LogP contribution in [0.1, 0.15) is 12.8 Å². The largest absolute Gasteiger partial charge is 0.376 e. The highest BCUT2D eigenvalue weighted by molar-refractivity contribution is 5.67. The van der Waals surface area contributed by atoms with Crippen molar-refractivity contribution >= 4 is 17.5 Å². The molecule has 3 aromatic rings. The van der Waals surface area contributed by atoms with Crippen LogP contribution in [0.4, 0.5) is 21.8 Å². The van der Waals surface area contributed by atoms with Crippen LogP contribution < -0.4 is 10.6 Å². The van der Waals surface area contributed by atoms with Crippen LogP contribution in [0.2, 0.25) is 0 Å². The summed E-state index contributed by atoms with van der Waals surface area (Å²) in [4.78, 5) is 9.20. The number of halogens is 1. The van der Waals surface area contributed by atoms with Gasteiger partial charge in [-0.1, -0.05) is 30.3 Å². The van der Waals surface area contributed by atoms with Gasteiger partial charge < -0.3 is 15.4 Å². The number of rotatable bonds is 6. The van der Waals surface area contributed by atoms with E-state index >= 15 is 0 Å². The Kier molecular flexibility index (Phi) is 5.25. The summed E-state index contributed by atoms with van der Waals surface area (Å²) in [5.41, 5.74) is 2.58. The molecule has 0 aliphatic carbocycles. The fourth-order valence-corrected chi connectivity index (χ4v) is 3.04. The topological polar surface area (TPSA) is 59.1 Å². The van der Waals surface area contributed by atoms with Crippen molar-refractivity contribution in [3.63, 3.8) is 0 Å². The van der Waals surface area contributed by atoms with Crippen molar-refractivity contribution in [3.05, 3.63) is 66.5 Å². The number of aromatic nitrogens is 2. The molecule has 2 heterocycles. The van der Waals surface area contributed by atoms with Crippen LogP contribution in [0.5, 0.6) is 0 Å². The van der Waals surface area contributed by atoms with E-state index in [9.17, 15) is 4.39 Å². The van der Waals surface area contributed by atoms with Crippen molar-refractivity contribution in [2.24, 2.45) is 0 Å². The summed E-state index contributed by atoms with van der Waals surface area (Å²) >= 11 is 0.